The van der Waals surface area contributed by atoms with Gasteiger partial charge < -0.3 is 4.98 Å². The summed E-state index contributed by atoms with van der Waals surface area (Å²) >= 11 is 2.38. The normalized spacial score (nSPS) is 11.1. The SMILES string of the molecule is Fc1ccc(-c2nc(-c3ccc4ccccc4c3I)[nH]c2-c2ccncc2)cc1. The number of rotatable bonds is 3. The summed E-state index contributed by atoms with van der Waals surface area (Å²) in [5.41, 5.74) is 4.55. The van der Waals surface area contributed by atoms with Crippen molar-refractivity contribution in [3.63, 3.8) is 0 Å². The van der Waals surface area contributed by atoms with Gasteiger partial charge in [-0.05, 0) is 75.8 Å². The van der Waals surface area contributed by atoms with E-state index in [1.165, 1.54) is 22.9 Å². The molecule has 0 fully saturated rings. The number of fused-ring (bicyclic) bond motifs is 1. The third-order valence-corrected chi connectivity index (χ3v) is 6.07. The third-order valence-electron chi connectivity index (χ3n) is 4.91. The molecule has 0 bridgehead atoms. The average molecular weight is 491 g/mol. The summed E-state index contributed by atoms with van der Waals surface area (Å²) in [7, 11) is 0. The summed E-state index contributed by atoms with van der Waals surface area (Å²) in [6, 6.07) is 22.8. The van der Waals surface area contributed by atoms with Crippen molar-refractivity contribution in [1.29, 1.82) is 0 Å². The Bertz CT molecular complexity index is 1310. The van der Waals surface area contributed by atoms with Crippen molar-refractivity contribution in [1.82, 2.24) is 15.0 Å². The highest BCUT2D eigenvalue weighted by molar-refractivity contribution is 14.1. The number of H-pyrrole nitrogens is 1. The number of halogens is 2. The first-order chi connectivity index (χ1) is 14.2. The molecular weight excluding hydrogens is 476 g/mol. The predicted octanol–water partition coefficient (Wildman–Crippen LogP) is 6.70. The van der Waals surface area contributed by atoms with Crippen LogP contribution in [0.25, 0.3) is 44.7 Å². The zero-order valence-corrected chi connectivity index (χ0v) is 17.4. The first-order valence-electron chi connectivity index (χ1n) is 9.14. The minimum absolute atomic E-state index is 0.265. The van der Waals surface area contributed by atoms with Crippen LogP contribution in [0.5, 0.6) is 0 Å². The lowest BCUT2D eigenvalue weighted by molar-refractivity contribution is 0.628. The van der Waals surface area contributed by atoms with E-state index < -0.39 is 0 Å². The molecule has 140 valence electrons. The number of aromatic amines is 1. The van der Waals surface area contributed by atoms with Gasteiger partial charge in [-0.1, -0.05) is 30.3 Å². The van der Waals surface area contributed by atoms with Gasteiger partial charge in [0.1, 0.15) is 11.6 Å². The van der Waals surface area contributed by atoms with E-state index in [1.54, 1.807) is 24.5 Å². The molecule has 0 unspecified atom stereocenters. The van der Waals surface area contributed by atoms with Gasteiger partial charge in [-0.15, -0.1) is 0 Å². The monoisotopic (exact) mass is 491 g/mol. The van der Waals surface area contributed by atoms with E-state index in [0.29, 0.717) is 0 Å². The van der Waals surface area contributed by atoms with Gasteiger partial charge >= 0.3 is 0 Å². The molecule has 1 N–H and O–H groups in total. The number of aromatic nitrogens is 3. The van der Waals surface area contributed by atoms with Crippen LogP contribution in [-0.2, 0) is 0 Å². The van der Waals surface area contributed by atoms with E-state index in [-0.39, 0.29) is 5.82 Å². The molecule has 0 atom stereocenters. The Morgan fingerprint density at radius 3 is 2.34 bits per heavy atom. The summed E-state index contributed by atoms with van der Waals surface area (Å²) < 4.78 is 14.6. The summed E-state index contributed by atoms with van der Waals surface area (Å²) in [6.45, 7) is 0. The number of nitrogens with one attached hydrogen (secondary N) is 1. The van der Waals surface area contributed by atoms with E-state index in [4.69, 9.17) is 4.98 Å². The second-order valence-corrected chi connectivity index (χ2v) is 7.78. The standard InChI is InChI=1S/C24H15FIN3/c25-18-8-5-16(6-9-18)22-23(17-11-13-27-14-12-17)29-24(28-22)20-10-7-15-3-1-2-4-19(15)21(20)26/h1-14H,(H,28,29). The molecule has 0 amide bonds. The molecule has 29 heavy (non-hydrogen) atoms. The van der Waals surface area contributed by atoms with Crippen LogP contribution in [0.4, 0.5) is 4.39 Å². The predicted molar refractivity (Wildman–Crippen MR) is 123 cm³/mol. The van der Waals surface area contributed by atoms with E-state index in [2.05, 4.69) is 56.8 Å². The molecule has 3 aromatic carbocycles. The molecular formula is C24H15FIN3. The number of benzene rings is 3. The largest absolute Gasteiger partial charge is 0.337 e. The van der Waals surface area contributed by atoms with Gasteiger partial charge in [-0.2, -0.15) is 0 Å². The van der Waals surface area contributed by atoms with Gasteiger partial charge in [-0.3, -0.25) is 4.98 Å². The molecule has 0 saturated carbocycles. The molecule has 0 aliphatic carbocycles. The second-order valence-electron chi connectivity index (χ2n) is 6.70. The fourth-order valence-electron chi connectivity index (χ4n) is 3.46. The zero-order valence-electron chi connectivity index (χ0n) is 15.2. The maximum absolute atomic E-state index is 13.5. The Labute approximate surface area is 180 Å². The zero-order chi connectivity index (χ0) is 19.8. The number of hydrogen-bond donors (Lipinski definition) is 1. The molecule has 0 spiro atoms. The topological polar surface area (TPSA) is 41.6 Å². The number of nitrogens with zero attached hydrogens (tertiary/aromatic N) is 2. The van der Waals surface area contributed by atoms with Gasteiger partial charge in [-0.25, -0.2) is 9.37 Å². The molecule has 2 aromatic heterocycles. The van der Waals surface area contributed by atoms with Crippen LogP contribution in [0.3, 0.4) is 0 Å². The van der Waals surface area contributed by atoms with Crippen LogP contribution in [-0.4, -0.2) is 15.0 Å². The molecule has 5 rings (SSSR count). The summed E-state index contributed by atoms with van der Waals surface area (Å²) in [4.78, 5) is 12.5. The van der Waals surface area contributed by atoms with Crippen molar-refractivity contribution < 1.29 is 4.39 Å². The smallest absolute Gasteiger partial charge is 0.139 e. The Morgan fingerprint density at radius 2 is 1.55 bits per heavy atom. The minimum atomic E-state index is -0.265. The number of pyridine rings is 1. The van der Waals surface area contributed by atoms with Crippen molar-refractivity contribution in [2.24, 2.45) is 0 Å². The molecule has 5 heteroatoms. The Hall–Kier alpha value is -3.06. The lowest BCUT2D eigenvalue weighted by Crippen LogP contribution is -1.87. The highest BCUT2D eigenvalue weighted by atomic mass is 127. The maximum Gasteiger partial charge on any atom is 0.139 e. The van der Waals surface area contributed by atoms with E-state index in [1.807, 2.05) is 24.3 Å². The van der Waals surface area contributed by atoms with Gasteiger partial charge in [0, 0.05) is 32.7 Å². The lowest BCUT2D eigenvalue weighted by atomic mass is 10.1. The van der Waals surface area contributed by atoms with E-state index in [9.17, 15) is 4.39 Å². The fraction of sp³-hybridized carbons (Fsp3) is 0. The first-order valence-corrected chi connectivity index (χ1v) is 10.2. The van der Waals surface area contributed by atoms with Crippen LogP contribution in [0.2, 0.25) is 0 Å². The Balaban J connectivity index is 1.73. The lowest BCUT2D eigenvalue weighted by Gasteiger charge is -2.06. The van der Waals surface area contributed by atoms with Crippen LogP contribution < -0.4 is 0 Å². The molecule has 0 saturated heterocycles. The molecule has 2 heterocycles. The Kier molecular flexibility index (Phi) is 4.60. The van der Waals surface area contributed by atoms with Gasteiger partial charge in [0.2, 0.25) is 0 Å². The summed E-state index contributed by atoms with van der Waals surface area (Å²) in [5.74, 6) is 0.519. The van der Waals surface area contributed by atoms with Crippen LogP contribution in [0.1, 0.15) is 0 Å². The minimum Gasteiger partial charge on any atom is -0.337 e. The van der Waals surface area contributed by atoms with Crippen molar-refractivity contribution in [3.8, 4) is 33.9 Å². The average Bonchev–Trinajstić information content (AvgIpc) is 3.20. The third kappa shape index (κ3) is 3.31. The highest BCUT2D eigenvalue weighted by Gasteiger charge is 2.17. The maximum atomic E-state index is 13.5. The van der Waals surface area contributed by atoms with Crippen LogP contribution in [0.15, 0.2) is 85.2 Å². The van der Waals surface area contributed by atoms with Crippen molar-refractivity contribution in [2.75, 3.05) is 0 Å². The van der Waals surface area contributed by atoms with E-state index in [0.717, 1.165) is 37.5 Å². The van der Waals surface area contributed by atoms with Crippen LogP contribution in [0, 0.1) is 9.39 Å². The molecule has 5 aromatic rings. The van der Waals surface area contributed by atoms with Gasteiger partial charge in [0.25, 0.3) is 0 Å². The van der Waals surface area contributed by atoms with Crippen molar-refractivity contribution in [2.45, 2.75) is 0 Å². The Morgan fingerprint density at radius 1 is 0.793 bits per heavy atom. The molecule has 0 aliphatic heterocycles. The molecule has 0 aliphatic rings. The van der Waals surface area contributed by atoms with Crippen LogP contribution >= 0.6 is 22.6 Å². The van der Waals surface area contributed by atoms with Crippen molar-refractivity contribution >= 4 is 33.4 Å². The summed E-state index contributed by atoms with van der Waals surface area (Å²) in [6.07, 6.45) is 3.51. The van der Waals surface area contributed by atoms with Gasteiger partial charge in [0.05, 0.1) is 11.4 Å². The molecule has 0 radical (unpaired) electrons. The number of imidazole rings is 1. The summed E-state index contributed by atoms with van der Waals surface area (Å²) in [5, 5.41) is 2.39. The van der Waals surface area contributed by atoms with Gasteiger partial charge in [0.15, 0.2) is 0 Å². The van der Waals surface area contributed by atoms with Crippen molar-refractivity contribution in [3.05, 3.63) is 94.6 Å². The number of hydrogen-bond acceptors (Lipinski definition) is 2. The second kappa shape index (κ2) is 7.40. The fourth-order valence-corrected chi connectivity index (χ4v) is 4.39. The van der Waals surface area contributed by atoms with E-state index >= 15 is 0 Å². The quantitative estimate of drug-likeness (QED) is 0.286. The molecule has 3 nitrogen and oxygen atoms in total. The highest BCUT2D eigenvalue weighted by Crippen LogP contribution is 2.36. The first kappa shape index (κ1) is 18.0.